The fourth-order valence-electron chi connectivity index (χ4n) is 5.51. The summed E-state index contributed by atoms with van der Waals surface area (Å²) in [5.74, 6) is 0.344. The first-order chi connectivity index (χ1) is 17.5. The number of hydrogen-bond donors (Lipinski definition) is 1. The van der Waals surface area contributed by atoms with Gasteiger partial charge in [-0.2, -0.15) is 5.10 Å². The zero-order chi connectivity index (χ0) is 24.4. The average Bonchev–Trinajstić information content (AvgIpc) is 3.82. The number of fused-ring (bicyclic) bond motifs is 1. The Labute approximate surface area is 206 Å². The maximum absolute atomic E-state index is 13.9. The van der Waals surface area contributed by atoms with E-state index in [4.69, 9.17) is 4.98 Å². The number of aromatic nitrogens is 3. The lowest BCUT2D eigenvalue weighted by molar-refractivity contribution is -0.124. The van der Waals surface area contributed by atoms with Gasteiger partial charge in [0, 0.05) is 5.92 Å². The lowest BCUT2D eigenvalue weighted by Crippen LogP contribution is -2.44. The van der Waals surface area contributed by atoms with E-state index in [0.717, 1.165) is 42.5 Å². The molecule has 4 aromatic rings. The monoisotopic (exact) mass is 481 g/mol. The summed E-state index contributed by atoms with van der Waals surface area (Å²) in [5, 5.41) is 7.72. The minimum absolute atomic E-state index is 0.00947. The third-order valence-corrected chi connectivity index (χ3v) is 7.74. The summed E-state index contributed by atoms with van der Waals surface area (Å²) in [6.45, 7) is 0. The molecular formula is C28H24FN5O2. The van der Waals surface area contributed by atoms with E-state index in [-0.39, 0.29) is 35.6 Å². The van der Waals surface area contributed by atoms with Crippen molar-refractivity contribution < 1.29 is 14.0 Å². The molecule has 3 heterocycles. The van der Waals surface area contributed by atoms with Gasteiger partial charge < -0.3 is 5.32 Å². The van der Waals surface area contributed by atoms with Gasteiger partial charge in [-0.1, -0.05) is 30.3 Å². The molecule has 8 heteroatoms. The molecule has 1 aliphatic heterocycles. The Morgan fingerprint density at radius 2 is 1.75 bits per heavy atom. The quantitative estimate of drug-likeness (QED) is 0.460. The van der Waals surface area contributed by atoms with Gasteiger partial charge in [-0.15, -0.1) is 0 Å². The average molecular weight is 482 g/mol. The maximum Gasteiger partial charge on any atom is 0.237 e. The predicted octanol–water partition coefficient (Wildman–Crippen LogP) is 4.32. The summed E-state index contributed by atoms with van der Waals surface area (Å²) in [6.07, 6.45) is 4.99. The number of anilines is 1. The van der Waals surface area contributed by atoms with Crippen LogP contribution in [0.1, 0.15) is 37.3 Å². The Hall–Kier alpha value is -4.07. The molecule has 3 fully saturated rings. The summed E-state index contributed by atoms with van der Waals surface area (Å²) >= 11 is 0. The van der Waals surface area contributed by atoms with Crippen LogP contribution in [0.4, 0.5) is 10.2 Å². The summed E-state index contributed by atoms with van der Waals surface area (Å²) in [7, 11) is 0. The summed E-state index contributed by atoms with van der Waals surface area (Å²) in [6, 6.07) is 19.1. The minimum atomic E-state index is -0.583. The highest BCUT2D eigenvalue weighted by atomic mass is 19.1. The highest BCUT2D eigenvalue weighted by Crippen LogP contribution is 2.60. The van der Waals surface area contributed by atoms with Gasteiger partial charge in [-0.25, -0.2) is 14.1 Å². The van der Waals surface area contributed by atoms with Gasteiger partial charge in [0.1, 0.15) is 17.2 Å². The Morgan fingerprint density at radius 1 is 1.00 bits per heavy atom. The van der Waals surface area contributed by atoms with Gasteiger partial charge in [0.05, 0.1) is 34.9 Å². The van der Waals surface area contributed by atoms with E-state index in [2.05, 4.69) is 10.4 Å². The van der Waals surface area contributed by atoms with Crippen LogP contribution in [-0.2, 0) is 9.59 Å². The number of halogens is 1. The number of amides is 2. The van der Waals surface area contributed by atoms with Crippen LogP contribution in [0.2, 0.25) is 0 Å². The lowest BCUT2D eigenvalue weighted by atomic mass is 9.91. The van der Waals surface area contributed by atoms with Crippen LogP contribution in [-0.4, -0.2) is 32.6 Å². The highest BCUT2D eigenvalue weighted by Gasteiger charge is 2.67. The molecule has 7 nitrogen and oxygen atoms in total. The fraction of sp³-hybridized carbons (Fsp3) is 0.286. The molecule has 1 spiro atoms. The van der Waals surface area contributed by atoms with Gasteiger partial charge in [0.25, 0.3) is 0 Å². The first-order valence-corrected chi connectivity index (χ1v) is 12.3. The van der Waals surface area contributed by atoms with E-state index in [9.17, 15) is 14.0 Å². The molecule has 2 atom stereocenters. The zero-order valence-electron chi connectivity index (χ0n) is 19.5. The molecule has 7 rings (SSSR count). The number of benzene rings is 2. The third kappa shape index (κ3) is 3.24. The number of rotatable bonds is 5. The number of carbonyl (C=O) groups excluding carboxylic acids is 2. The van der Waals surface area contributed by atoms with Gasteiger partial charge in [-0.05, 0) is 67.6 Å². The molecule has 0 radical (unpaired) electrons. The number of pyridine rings is 1. The first kappa shape index (κ1) is 21.2. The molecule has 2 aliphatic carbocycles. The standard InChI is InChI=1S/C28H24FN5O2/c29-19-8-10-20(11-9-19)34-22-12-13-23(31-21(22)16-30-34)33-24(17-4-2-1-3-5-17)25(28(14-15-28)27(33)36)32-26(35)18-6-7-18/h1-5,8-13,16,18,24-25H,6-7,14-15H2,(H,32,35). The summed E-state index contributed by atoms with van der Waals surface area (Å²) < 4.78 is 15.1. The van der Waals surface area contributed by atoms with Crippen LogP contribution in [0.3, 0.4) is 0 Å². The van der Waals surface area contributed by atoms with Crippen LogP contribution < -0.4 is 10.2 Å². The largest absolute Gasteiger partial charge is 0.350 e. The third-order valence-electron chi connectivity index (χ3n) is 7.74. The Kier molecular flexibility index (Phi) is 4.55. The van der Waals surface area contributed by atoms with Crippen molar-refractivity contribution in [3.63, 3.8) is 0 Å². The molecule has 1 saturated heterocycles. The highest BCUT2D eigenvalue weighted by molar-refractivity contribution is 6.04. The minimum Gasteiger partial charge on any atom is -0.350 e. The van der Waals surface area contributed by atoms with Crippen molar-refractivity contribution in [1.29, 1.82) is 0 Å². The maximum atomic E-state index is 13.9. The molecule has 1 N–H and O–H groups in total. The lowest BCUT2D eigenvalue weighted by Gasteiger charge is -2.29. The van der Waals surface area contributed by atoms with E-state index in [1.165, 1.54) is 12.1 Å². The normalized spacial score (nSPS) is 22.4. The Balaban J connectivity index is 1.31. The second kappa shape index (κ2) is 7.71. The Morgan fingerprint density at radius 3 is 2.44 bits per heavy atom. The van der Waals surface area contributed by atoms with Crippen LogP contribution in [0.5, 0.6) is 0 Å². The zero-order valence-corrected chi connectivity index (χ0v) is 19.5. The van der Waals surface area contributed by atoms with Crippen molar-refractivity contribution in [2.75, 3.05) is 4.90 Å². The predicted molar refractivity (Wildman–Crippen MR) is 132 cm³/mol. The van der Waals surface area contributed by atoms with Crippen molar-refractivity contribution in [3.05, 3.63) is 84.3 Å². The van der Waals surface area contributed by atoms with Crippen molar-refractivity contribution >= 4 is 28.7 Å². The van der Waals surface area contributed by atoms with Gasteiger partial charge in [-0.3, -0.25) is 14.5 Å². The summed E-state index contributed by atoms with van der Waals surface area (Å²) in [4.78, 5) is 33.4. The molecule has 0 bridgehead atoms. The van der Waals surface area contributed by atoms with E-state index in [1.54, 1.807) is 27.9 Å². The molecule has 2 aromatic carbocycles. The van der Waals surface area contributed by atoms with Crippen LogP contribution in [0.15, 0.2) is 72.9 Å². The first-order valence-electron chi connectivity index (χ1n) is 12.3. The van der Waals surface area contributed by atoms with Crippen molar-refractivity contribution in [1.82, 2.24) is 20.1 Å². The molecule has 180 valence electrons. The van der Waals surface area contributed by atoms with Crippen LogP contribution in [0.25, 0.3) is 16.7 Å². The fourth-order valence-corrected chi connectivity index (χ4v) is 5.51. The number of hydrogen-bond acceptors (Lipinski definition) is 4. The van der Waals surface area contributed by atoms with Gasteiger partial charge >= 0.3 is 0 Å². The SMILES string of the molecule is O=C(NC1C(c2ccccc2)N(c2ccc3c(cnn3-c3ccc(F)cc3)n2)C(=O)C12CC2)C1CC1. The molecule has 2 aromatic heterocycles. The van der Waals surface area contributed by atoms with E-state index in [0.29, 0.717) is 11.3 Å². The van der Waals surface area contributed by atoms with Gasteiger partial charge in [0.15, 0.2) is 0 Å². The van der Waals surface area contributed by atoms with Gasteiger partial charge in [0.2, 0.25) is 11.8 Å². The van der Waals surface area contributed by atoms with Crippen LogP contribution in [0, 0.1) is 17.2 Å². The number of nitrogens with one attached hydrogen (secondary N) is 1. The molecule has 2 unspecified atom stereocenters. The molecule has 2 amide bonds. The van der Waals surface area contributed by atoms with Crippen molar-refractivity contribution in [2.45, 2.75) is 37.8 Å². The molecule has 3 aliphatic rings. The summed E-state index contributed by atoms with van der Waals surface area (Å²) in [5.41, 5.74) is 2.50. The van der Waals surface area contributed by atoms with E-state index < -0.39 is 5.41 Å². The molecule has 36 heavy (non-hydrogen) atoms. The number of carbonyl (C=O) groups is 2. The number of nitrogens with zero attached hydrogens (tertiary/aromatic N) is 4. The van der Waals surface area contributed by atoms with Crippen LogP contribution >= 0.6 is 0 Å². The van der Waals surface area contributed by atoms with E-state index >= 15 is 0 Å². The second-order valence-electron chi connectivity index (χ2n) is 10.1. The smallest absolute Gasteiger partial charge is 0.237 e. The Bertz CT molecular complexity index is 1490. The van der Waals surface area contributed by atoms with E-state index in [1.807, 2.05) is 42.5 Å². The van der Waals surface area contributed by atoms with Crippen molar-refractivity contribution in [3.8, 4) is 5.69 Å². The van der Waals surface area contributed by atoms with Crippen molar-refractivity contribution in [2.24, 2.45) is 11.3 Å². The second-order valence-corrected chi connectivity index (χ2v) is 10.1. The molecule has 2 saturated carbocycles. The molecular weight excluding hydrogens is 457 g/mol. The topological polar surface area (TPSA) is 80.1 Å².